The lowest BCUT2D eigenvalue weighted by atomic mass is 9.98. The molecule has 31 heavy (non-hydrogen) atoms. The Kier molecular flexibility index (Phi) is 6.84. The van der Waals surface area contributed by atoms with Crippen LogP contribution in [0.25, 0.3) is 11.1 Å². The summed E-state index contributed by atoms with van der Waals surface area (Å²) in [6.45, 7) is -1.01. The Morgan fingerprint density at radius 3 is 2.13 bits per heavy atom. The first kappa shape index (κ1) is 22.2. The molecule has 0 spiro atoms. The van der Waals surface area contributed by atoms with Crippen molar-refractivity contribution >= 4 is 18.0 Å². The van der Waals surface area contributed by atoms with Crippen molar-refractivity contribution in [1.29, 1.82) is 0 Å². The van der Waals surface area contributed by atoms with Gasteiger partial charge in [-0.3, -0.25) is 4.79 Å². The molecular formula is C22H22F2N2O5. The summed E-state index contributed by atoms with van der Waals surface area (Å²) < 4.78 is 31.2. The van der Waals surface area contributed by atoms with E-state index in [0.29, 0.717) is 0 Å². The van der Waals surface area contributed by atoms with E-state index in [1.54, 1.807) is 0 Å². The fourth-order valence-corrected chi connectivity index (χ4v) is 3.46. The van der Waals surface area contributed by atoms with Gasteiger partial charge in [0.1, 0.15) is 6.61 Å². The first-order valence-corrected chi connectivity index (χ1v) is 9.76. The molecule has 2 aromatic rings. The van der Waals surface area contributed by atoms with Gasteiger partial charge in [0.25, 0.3) is 0 Å². The molecule has 0 heterocycles. The monoisotopic (exact) mass is 432 g/mol. The fraction of sp³-hybridized carbons (Fsp3) is 0.318. The minimum Gasteiger partial charge on any atom is -0.477 e. The van der Waals surface area contributed by atoms with Crippen molar-refractivity contribution in [2.24, 2.45) is 0 Å². The standard InChI is InChI=1S/C22H22F2N2O5/c23-22(24,20(28)29)13-26-19(27)10-5-11-25-21(30)31-12-18-16-8-3-1-6-14(16)15-7-2-4-9-17(15)18/h1-4,6-9,18H,5,10-13H2,(H,25,30)(H,26,27)(H,28,29). The van der Waals surface area contributed by atoms with E-state index in [2.05, 4.69) is 5.32 Å². The van der Waals surface area contributed by atoms with Crippen molar-refractivity contribution in [1.82, 2.24) is 10.6 Å². The number of benzene rings is 2. The maximum absolute atomic E-state index is 12.9. The van der Waals surface area contributed by atoms with E-state index in [1.165, 1.54) is 0 Å². The van der Waals surface area contributed by atoms with Crippen molar-refractivity contribution in [3.8, 4) is 11.1 Å². The number of hydrogen-bond donors (Lipinski definition) is 3. The van der Waals surface area contributed by atoms with Gasteiger partial charge in [-0.05, 0) is 28.7 Å². The van der Waals surface area contributed by atoms with Crippen LogP contribution in [0.5, 0.6) is 0 Å². The Hall–Kier alpha value is -3.49. The zero-order valence-electron chi connectivity index (χ0n) is 16.6. The molecule has 0 aromatic heterocycles. The van der Waals surface area contributed by atoms with E-state index in [4.69, 9.17) is 9.84 Å². The molecular weight excluding hydrogens is 410 g/mol. The summed E-state index contributed by atoms with van der Waals surface area (Å²) in [6.07, 6.45) is -0.590. The summed E-state index contributed by atoms with van der Waals surface area (Å²) in [4.78, 5) is 33.8. The Morgan fingerprint density at radius 1 is 0.968 bits per heavy atom. The normalized spacial score (nSPS) is 12.6. The zero-order chi connectivity index (χ0) is 22.4. The number of fused-ring (bicyclic) bond motifs is 3. The molecule has 0 unspecified atom stereocenters. The summed E-state index contributed by atoms with van der Waals surface area (Å²) in [6, 6.07) is 15.9. The lowest BCUT2D eigenvalue weighted by molar-refractivity contribution is -0.164. The van der Waals surface area contributed by atoms with Gasteiger partial charge in [-0.15, -0.1) is 0 Å². The summed E-state index contributed by atoms with van der Waals surface area (Å²) in [5.74, 6) is -7.12. The number of halogens is 2. The van der Waals surface area contributed by atoms with Gasteiger partial charge in [-0.2, -0.15) is 8.78 Å². The second-order valence-electron chi connectivity index (χ2n) is 7.14. The van der Waals surface area contributed by atoms with Crippen molar-refractivity contribution in [3.05, 3.63) is 59.7 Å². The quantitative estimate of drug-likeness (QED) is 0.528. The van der Waals surface area contributed by atoms with Gasteiger partial charge in [0, 0.05) is 18.9 Å². The maximum atomic E-state index is 12.9. The van der Waals surface area contributed by atoms with Gasteiger partial charge in [0.2, 0.25) is 5.91 Å². The highest BCUT2D eigenvalue weighted by Gasteiger charge is 2.38. The molecule has 0 bridgehead atoms. The van der Waals surface area contributed by atoms with E-state index >= 15 is 0 Å². The maximum Gasteiger partial charge on any atom is 0.407 e. The molecule has 0 saturated heterocycles. The molecule has 7 nitrogen and oxygen atoms in total. The van der Waals surface area contributed by atoms with Crippen molar-refractivity contribution in [2.75, 3.05) is 19.7 Å². The SMILES string of the molecule is O=C(CCCNC(=O)OCC1c2ccccc2-c2ccccc21)NCC(F)(F)C(=O)O. The molecule has 3 N–H and O–H groups in total. The number of carbonyl (C=O) groups excluding carboxylic acids is 2. The smallest absolute Gasteiger partial charge is 0.407 e. The van der Waals surface area contributed by atoms with Crippen LogP contribution in [0.4, 0.5) is 13.6 Å². The number of alkyl carbamates (subject to hydrolysis) is 1. The van der Waals surface area contributed by atoms with Gasteiger partial charge < -0.3 is 20.5 Å². The van der Waals surface area contributed by atoms with E-state index in [1.807, 2.05) is 53.8 Å². The van der Waals surface area contributed by atoms with Gasteiger partial charge in [-0.1, -0.05) is 48.5 Å². The lowest BCUT2D eigenvalue weighted by Gasteiger charge is -2.14. The minimum absolute atomic E-state index is 0.0696. The number of amides is 2. The number of hydrogen-bond acceptors (Lipinski definition) is 4. The van der Waals surface area contributed by atoms with E-state index in [0.717, 1.165) is 22.3 Å². The number of carboxylic acid groups (broad SMARTS) is 1. The summed E-state index contributed by atoms with van der Waals surface area (Å²) in [5.41, 5.74) is 4.41. The molecule has 1 aliphatic rings. The Labute approximate surface area is 177 Å². The first-order valence-electron chi connectivity index (χ1n) is 9.76. The highest BCUT2D eigenvalue weighted by molar-refractivity contribution is 5.80. The van der Waals surface area contributed by atoms with E-state index in [-0.39, 0.29) is 31.9 Å². The Balaban J connectivity index is 1.40. The second kappa shape index (κ2) is 9.55. The van der Waals surface area contributed by atoms with Crippen LogP contribution >= 0.6 is 0 Å². The van der Waals surface area contributed by atoms with Crippen LogP contribution in [0.3, 0.4) is 0 Å². The minimum atomic E-state index is -4.02. The molecule has 0 atom stereocenters. The molecule has 0 saturated carbocycles. The molecule has 2 aromatic carbocycles. The van der Waals surface area contributed by atoms with Crippen LogP contribution in [0.2, 0.25) is 0 Å². The molecule has 3 rings (SSSR count). The zero-order valence-corrected chi connectivity index (χ0v) is 16.6. The predicted octanol–water partition coefficient (Wildman–Crippen LogP) is 3.14. The highest BCUT2D eigenvalue weighted by Crippen LogP contribution is 2.44. The number of carbonyl (C=O) groups is 3. The average molecular weight is 432 g/mol. The first-order chi connectivity index (χ1) is 14.8. The predicted molar refractivity (Wildman–Crippen MR) is 108 cm³/mol. The van der Waals surface area contributed by atoms with Crippen molar-refractivity contribution in [3.63, 3.8) is 0 Å². The third-order valence-electron chi connectivity index (χ3n) is 5.01. The number of alkyl halides is 2. The van der Waals surface area contributed by atoms with E-state index < -0.39 is 30.4 Å². The molecule has 9 heteroatoms. The second-order valence-corrected chi connectivity index (χ2v) is 7.14. The summed E-state index contributed by atoms with van der Waals surface area (Å²) in [7, 11) is 0. The summed E-state index contributed by atoms with van der Waals surface area (Å²) >= 11 is 0. The Morgan fingerprint density at radius 2 is 1.55 bits per heavy atom. The molecule has 164 valence electrons. The average Bonchev–Trinajstić information content (AvgIpc) is 3.07. The van der Waals surface area contributed by atoms with Crippen molar-refractivity contribution < 1.29 is 33.0 Å². The van der Waals surface area contributed by atoms with Gasteiger partial charge in [-0.25, -0.2) is 9.59 Å². The molecule has 0 radical (unpaired) electrons. The van der Waals surface area contributed by atoms with Crippen LogP contribution < -0.4 is 10.6 Å². The number of rotatable bonds is 9. The van der Waals surface area contributed by atoms with Crippen LogP contribution in [-0.2, 0) is 14.3 Å². The van der Waals surface area contributed by atoms with Gasteiger partial charge in [0.05, 0.1) is 6.54 Å². The van der Waals surface area contributed by atoms with Gasteiger partial charge in [0.15, 0.2) is 0 Å². The van der Waals surface area contributed by atoms with Crippen molar-refractivity contribution in [2.45, 2.75) is 24.7 Å². The van der Waals surface area contributed by atoms with Crippen LogP contribution in [-0.4, -0.2) is 48.7 Å². The number of carboxylic acids is 1. The molecule has 2 amide bonds. The van der Waals surface area contributed by atoms with Crippen LogP contribution in [0.1, 0.15) is 29.9 Å². The lowest BCUT2D eigenvalue weighted by Crippen LogP contribution is -2.42. The number of ether oxygens (including phenoxy) is 1. The fourth-order valence-electron chi connectivity index (χ4n) is 3.46. The highest BCUT2D eigenvalue weighted by atomic mass is 19.3. The topological polar surface area (TPSA) is 105 Å². The van der Waals surface area contributed by atoms with Gasteiger partial charge >= 0.3 is 18.0 Å². The number of nitrogens with one attached hydrogen (secondary N) is 2. The summed E-state index contributed by atoms with van der Waals surface area (Å²) in [5, 5.41) is 12.7. The van der Waals surface area contributed by atoms with E-state index in [9.17, 15) is 23.2 Å². The Bertz CT molecular complexity index is 934. The molecule has 1 aliphatic carbocycles. The molecule has 0 fully saturated rings. The van der Waals surface area contributed by atoms with Crippen LogP contribution in [0.15, 0.2) is 48.5 Å². The van der Waals surface area contributed by atoms with Crippen LogP contribution in [0, 0.1) is 0 Å². The number of aliphatic carboxylic acids is 1. The molecule has 0 aliphatic heterocycles. The third kappa shape index (κ3) is 5.36. The third-order valence-corrected chi connectivity index (χ3v) is 5.01. The largest absolute Gasteiger partial charge is 0.477 e.